The highest BCUT2D eigenvalue weighted by Crippen LogP contribution is 2.16. The van der Waals surface area contributed by atoms with E-state index in [2.05, 4.69) is 11.8 Å². The lowest BCUT2D eigenvalue weighted by Gasteiger charge is -2.18. The first kappa shape index (κ1) is 14.1. The van der Waals surface area contributed by atoms with Crippen molar-refractivity contribution in [2.75, 3.05) is 39.2 Å². The van der Waals surface area contributed by atoms with E-state index < -0.39 is 0 Å². The maximum Gasteiger partial charge on any atom is 0.119 e. The highest BCUT2D eigenvalue weighted by Gasteiger charge is 2.01. The SMILES string of the molecule is CCN(CCCl)CCOc1ccc(OC)cc1. The van der Waals surface area contributed by atoms with Crippen LogP contribution in [0.3, 0.4) is 0 Å². The van der Waals surface area contributed by atoms with Crippen LogP contribution in [0.1, 0.15) is 6.92 Å². The third-order valence-electron chi connectivity index (χ3n) is 2.58. The summed E-state index contributed by atoms with van der Waals surface area (Å²) in [5.41, 5.74) is 0. The molecule has 0 aliphatic carbocycles. The smallest absolute Gasteiger partial charge is 0.119 e. The van der Waals surface area contributed by atoms with Crippen molar-refractivity contribution in [2.45, 2.75) is 6.92 Å². The Bertz CT molecular complexity index is 303. The lowest BCUT2D eigenvalue weighted by molar-refractivity contribution is 0.223. The second-order valence-corrected chi connectivity index (χ2v) is 4.03. The van der Waals surface area contributed by atoms with Crippen LogP contribution in [0.25, 0.3) is 0 Å². The Morgan fingerprint density at radius 3 is 2.29 bits per heavy atom. The van der Waals surface area contributed by atoms with Gasteiger partial charge in [0.05, 0.1) is 7.11 Å². The highest BCUT2D eigenvalue weighted by molar-refractivity contribution is 6.18. The van der Waals surface area contributed by atoms with E-state index in [-0.39, 0.29) is 0 Å². The van der Waals surface area contributed by atoms with E-state index in [0.717, 1.165) is 31.1 Å². The molecular weight excluding hydrogens is 238 g/mol. The van der Waals surface area contributed by atoms with Gasteiger partial charge in [0.2, 0.25) is 0 Å². The van der Waals surface area contributed by atoms with Crippen molar-refractivity contribution < 1.29 is 9.47 Å². The number of ether oxygens (including phenoxy) is 2. The van der Waals surface area contributed by atoms with Crippen LogP contribution in [0.15, 0.2) is 24.3 Å². The summed E-state index contributed by atoms with van der Waals surface area (Å²) in [6.45, 7) is 5.61. The Labute approximate surface area is 108 Å². The number of halogens is 1. The Hall–Kier alpha value is -0.930. The molecule has 0 saturated heterocycles. The second kappa shape index (κ2) is 8.20. The zero-order valence-electron chi connectivity index (χ0n) is 10.5. The largest absolute Gasteiger partial charge is 0.497 e. The predicted octanol–water partition coefficient (Wildman–Crippen LogP) is 2.63. The number of likely N-dealkylation sites (N-methyl/N-ethyl adjacent to an activating group) is 1. The molecule has 1 aromatic rings. The van der Waals surface area contributed by atoms with Gasteiger partial charge in [0.25, 0.3) is 0 Å². The number of hydrogen-bond donors (Lipinski definition) is 0. The van der Waals surface area contributed by atoms with Gasteiger partial charge >= 0.3 is 0 Å². The monoisotopic (exact) mass is 257 g/mol. The fraction of sp³-hybridized carbons (Fsp3) is 0.538. The van der Waals surface area contributed by atoms with Gasteiger partial charge in [0.15, 0.2) is 0 Å². The average molecular weight is 258 g/mol. The van der Waals surface area contributed by atoms with Crippen LogP contribution in [-0.4, -0.2) is 44.1 Å². The van der Waals surface area contributed by atoms with Crippen LogP contribution >= 0.6 is 11.6 Å². The third-order valence-corrected chi connectivity index (χ3v) is 2.75. The van der Waals surface area contributed by atoms with Gasteiger partial charge in [-0.05, 0) is 30.8 Å². The minimum Gasteiger partial charge on any atom is -0.497 e. The fourth-order valence-corrected chi connectivity index (χ4v) is 1.75. The minimum absolute atomic E-state index is 0.663. The third kappa shape index (κ3) is 5.29. The molecule has 0 aromatic heterocycles. The number of methoxy groups -OCH3 is 1. The number of alkyl halides is 1. The molecule has 0 bridgehead atoms. The molecule has 0 N–H and O–H groups in total. The molecule has 0 heterocycles. The van der Waals surface area contributed by atoms with Crippen LogP contribution in [0.2, 0.25) is 0 Å². The van der Waals surface area contributed by atoms with Gasteiger partial charge in [-0.1, -0.05) is 6.92 Å². The maximum absolute atomic E-state index is 5.71. The van der Waals surface area contributed by atoms with Crippen LogP contribution in [0.5, 0.6) is 11.5 Å². The molecule has 0 radical (unpaired) electrons. The first-order chi connectivity index (χ1) is 8.30. The van der Waals surface area contributed by atoms with Gasteiger partial charge in [0.1, 0.15) is 18.1 Å². The number of benzene rings is 1. The van der Waals surface area contributed by atoms with Crippen molar-refractivity contribution in [3.05, 3.63) is 24.3 Å². The van der Waals surface area contributed by atoms with Gasteiger partial charge in [-0.2, -0.15) is 0 Å². The lowest BCUT2D eigenvalue weighted by atomic mass is 10.3. The Morgan fingerprint density at radius 2 is 1.76 bits per heavy atom. The molecule has 1 aromatic carbocycles. The van der Waals surface area contributed by atoms with E-state index in [1.165, 1.54) is 0 Å². The molecule has 0 aliphatic rings. The van der Waals surface area contributed by atoms with Crippen molar-refractivity contribution in [1.29, 1.82) is 0 Å². The van der Waals surface area contributed by atoms with E-state index in [4.69, 9.17) is 21.1 Å². The molecule has 4 heteroatoms. The van der Waals surface area contributed by atoms with E-state index in [1.54, 1.807) is 7.11 Å². The predicted molar refractivity (Wildman–Crippen MR) is 71.3 cm³/mol. The van der Waals surface area contributed by atoms with Gasteiger partial charge in [0, 0.05) is 19.0 Å². The van der Waals surface area contributed by atoms with E-state index >= 15 is 0 Å². The molecule has 0 aliphatic heterocycles. The molecule has 1 rings (SSSR count). The molecule has 0 amide bonds. The van der Waals surface area contributed by atoms with Crippen molar-refractivity contribution in [2.24, 2.45) is 0 Å². The van der Waals surface area contributed by atoms with Crippen molar-refractivity contribution in [1.82, 2.24) is 4.90 Å². The van der Waals surface area contributed by atoms with Crippen LogP contribution in [0, 0.1) is 0 Å². The Balaban J connectivity index is 2.29. The summed E-state index contributed by atoms with van der Waals surface area (Å²) in [5.74, 6) is 2.37. The Kier molecular flexibility index (Phi) is 6.82. The van der Waals surface area contributed by atoms with Crippen LogP contribution in [-0.2, 0) is 0 Å². The Morgan fingerprint density at radius 1 is 1.12 bits per heavy atom. The molecule has 0 saturated carbocycles. The summed E-state index contributed by atoms with van der Waals surface area (Å²) < 4.78 is 10.7. The lowest BCUT2D eigenvalue weighted by Crippen LogP contribution is -2.30. The van der Waals surface area contributed by atoms with Crippen LogP contribution in [0.4, 0.5) is 0 Å². The van der Waals surface area contributed by atoms with Gasteiger partial charge in [-0.15, -0.1) is 11.6 Å². The zero-order chi connectivity index (χ0) is 12.5. The number of nitrogens with zero attached hydrogens (tertiary/aromatic N) is 1. The molecule has 0 spiro atoms. The standard InChI is InChI=1S/C13H20ClNO2/c1-3-15(9-8-14)10-11-17-13-6-4-12(16-2)5-7-13/h4-7H,3,8-11H2,1-2H3. The van der Waals surface area contributed by atoms with Gasteiger partial charge < -0.3 is 9.47 Å². The fourth-order valence-electron chi connectivity index (χ4n) is 1.51. The minimum atomic E-state index is 0.663. The van der Waals surface area contributed by atoms with Crippen molar-refractivity contribution in [3.63, 3.8) is 0 Å². The van der Waals surface area contributed by atoms with Crippen LogP contribution < -0.4 is 9.47 Å². The van der Waals surface area contributed by atoms with E-state index in [1.807, 2.05) is 24.3 Å². The van der Waals surface area contributed by atoms with Crippen molar-refractivity contribution in [3.8, 4) is 11.5 Å². The summed E-state index contributed by atoms with van der Waals surface area (Å²) in [4.78, 5) is 2.26. The molecule has 0 unspecified atom stereocenters. The summed E-state index contributed by atoms with van der Waals surface area (Å²) in [6.07, 6.45) is 0. The summed E-state index contributed by atoms with van der Waals surface area (Å²) >= 11 is 5.71. The van der Waals surface area contributed by atoms with Gasteiger partial charge in [-0.25, -0.2) is 0 Å². The van der Waals surface area contributed by atoms with E-state index in [0.29, 0.717) is 12.5 Å². The molecular formula is C13H20ClNO2. The quantitative estimate of drug-likeness (QED) is 0.669. The molecule has 0 fully saturated rings. The van der Waals surface area contributed by atoms with Gasteiger partial charge in [-0.3, -0.25) is 4.90 Å². The molecule has 0 atom stereocenters. The summed E-state index contributed by atoms with van der Waals surface area (Å²) in [7, 11) is 1.65. The van der Waals surface area contributed by atoms with Crippen molar-refractivity contribution >= 4 is 11.6 Å². The topological polar surface area (TPSA) is 21.7 Å². The maximum atomic E-state index is 5.71. The second-order valence-electron chi connectivity index (χ2n) is 3.65. The molecule has 17 heavy (non-hydrogen) atoms. The average Bonchev–Trinajstić information content (AvgIpc) is 2.38. The molecule has 3 nitrogen and oxygen atoms in total. The normalized spacial score (nSPS) is 10.6. The first-order valence-electron chi connectivity index (χ1n) is 5.85. The highest BCUT2D eigenvalue weighted by atomic mass is 35.5. The summed E-state index contributed by atoms with van der Waals surface area (Å²) in [6, 6.07) is 7.62. The van der Waals surface area contributed by atoms with E-state index in [9.17, 15) is 0 Å². The number of hydrogen-bond acceptors (Lipinski definition) is 3. The molecule has 96 valence electrons. The zero-order valence-corrected chi connectivity index (χ0v) is 11.2. The summed E-state index contributed by atoms with van der Waals surface area (Å²) in [5, 5.41) is 0. The first-order valence-corrected chi connectivity index (χ1v) is 6.38. The number of rotatable bonds is 8.